The van der Waals surface area contributed by atoms with E-state index in [-0.39, 0.29) is 5.91 Å². The van der Waals surface area contributed by atoms with Crippen LogP contribution in [-0.2, 0) is 11.3 Å². The fourth-order valence-electron chi connectivity index (χ4n) is 3.17. The summed E-state index contributed by atoms with van der Waals surface area (Å²) in [5, 5.41) is 3.31. The number of carbonyl (C=O) groups is 1. The summed E-state index contributed by atoms with van der Waals surface area (Å²) in [6.45, 7) is 3.63. The number of aromatic nitrogens is 4. The topological polar surface area (TPSA) is 75.9 Å². The molecule has 0 aliphatic carbocycles. The van der Waals surface area contributed by atoms with Gasteiger partial charge in [0.1, 0.15) is 6.33 Å². The SMILES string of the molecule is CCn1cnc2c(Nc3cccc(N4CCCCC4=O)c3)ncnc21. The van der Waals surface area contributed by atoms with Crippen molar-refractivity contribution in [3.05, 3.63) is 36.9 Å². The first-order chi connectivity index (χ1) is 12.3. The van der Waals surface area contributed by atoms with Gasteiger partial charge >= 0.3 is 0 Å². The Morgan fingerprint density at radius 2 is 2.12 bits per heavy atom. The fourth-order valence-corrected chi connectivity index (χ4v) is 3.17. The van der Waals surface area contributed by atoms with E-state index in [1.807, 2.05) is 33.7 Å². The zero-order valence-electron chi connectivity index (χ0n) is 14.1. The molecule has 1 aliphatic heterocycles. The smallest absolute Gasteiger partial charge is 0.226 e. The molecule has 0 spiro atoms. The average molecular weight is 336 g/mol. The lowest BCUT2D eigenvalue weighted by Crippen LogP contribution is -2.35. The van der Waals surface area contributed by atoms with Gasteiger partial charge in [0.25, 0.3) is 0 Å². The first kappa shape index (κ1) is 15.6. The summed E-state index contributed by atoms with van der Waals surface area (Å²) in [5.41, 5.74) is 3.34. The van der Waals surface area contributed by atoms with Crippen molar-refractivity contribution in [1.82, 2.24) is 19.5 Å². The highest BCUT2D eigenvalue weighted by molar-refractivity contribution is 5.94. The van der Waals surface area contributed by atoms with Gasteiger partial charge in [-0.1, -0.05) is 6.07 Å². The summed E-state index contributed by atoms with van der Waals surface area (Å²) in [6, 6.07) is 7.86. The number of hydrogen-bond donors (Lipinski definition) is 1. The summed E-state index contributed by atoms with van der Waals surface area (Å²) in [7, 11) is 0. The van der Waals surface area contributed by atoms with Gasteiger partial charge in [-0.15, -0.1) is 0 Å². The minimum atomic E-state index is 0.189. The molecule has 1 N–H and O–H groups in total. The minimum absolute atomic E-state index is 0.189. The van der Waals surface area contributed by atoms with E-state index >= 15 is 0 Å². The number of amides is 1. The number of carbonyl (C=O) groups excluding carboxylic acids is 1. The van der Waals surface area contributed by atoms with Crippen LogP contribution in [0.4, 0.5) is 17.2 Å². The zero-order chi connectivity index (χ0) is 17.2. The molecule has 3 heterocycles. The second-order valence-electron chi connectivity index (χ2n) is 6.10. The lowest BCUT2D eigenvalue weighted by molar-refractivity contribution is -0.119. The molecule has 0 saturated carbocycles. The van der Waals surface area contributed by atoms with E-state index in [4.69, 9.17) is 0 Å². The number of benzene rings is 1. The zero-order valence-corrected chi connectivity index (χ0v) is 14.1. The third-order valence-corrected chi connectivity index (χ3v) is 4.49. The first-order valence-corrected chi connectivity index (χ1v) is 8.59. The van der Waals surface area contributed by atoms with Crippen molar-refractivity contribution in [3.63, 3.8) is 0 Å². The molecular formula is C18H20N6O. The van der Waals surface area contributed by atoms with Gasteiger partial charge in [-0.3, -0.25) is 4.79 Å². The van der Waals surface area contributed by atoms with Crippen molar-refractivity contribution in [1.29, 1.82) is 0 Å². The van der Waals surface area contributed by atoms with Gasteiger partial charge in [0.2, 0.25) is 5.91 Å². The number of piperidine rings is 1. The molecule has 25 heavy (non-hydrogen) atoms. The van der Waals surface area contributed by atoms with E-state index in [9.17, 15) is 4.79 Å². The average Bonchev–Trinajstić information content (AvgIpc) is 3.07. The normalized spacial score (nSPS) is 14.9. The Bertz CT molecular complexity index is 919. The van der Waals surface area contributed by atoms with E-state index in [1.54, 1.807) is 6.33 Å². The number of rotatable bonds is 4. The Morgan fingerprint density at radius 1 is 1.20 bits per heavy atom. The van der Waals surface area contributed by atoms with Crippen LogP contribution in [0.2, 0.25) is 0 Å². The van der Waals surface area contributed by atoms with Gasteiger partial charge in [-0.25, -0.2) is 15.0 Å². The van der Waals surface area contributed by atoms with Crippen molar-refractivity contribution < 1.29 is 4.79 Å². The van der Waals surface area contributed by atoms with Crippen LogP contribution in [0.1, 0.15) is 26.2 Å². The molecule has 7 nitrogen and oxygen atoms in total. The molecular weight excluding hydrogens is 316 g/mol. The quantitative estimate of drug-likeness (QED) is 0.792. The molecule has 7 heteroatoms. The van der Waals surface area contributed by atoms with Crippen molar-refractivity contribution in [2.75, 3.05) is 16.8 Å². The number of hydrogen-bond acceptors (Lipinski definition) is 5. The van der Waals surface area contributed by atoms with E-state index in [0.717, 1.165) is 48.5 Å². The molecule has 128 valence electrons. The Labute approximate surface area is 145 Å². The highest BCUT2D eigenvalue weighted by atomic mass is 16.2. The summed E-state index contributed by atoms with van der Waals surface area (Å²) in [4.78, 5) is 27.1. The predicted molar refractivity (Wildman–Crippen MR) is 96.9 cm³/mol. The Balaban J connectivity index is 1.64. The Kier molecular flexibility index (Phi) is 4.05. The largest absolute Gasteiger partial charge is 0.338 e. The monoisotopic (exact) mass is 336 g/mol. The van der Waals surface area contributed by atoms with E-state index in [2.05, 4.69) is 27.2 Å². The fraction of sp³-hybridized carbons (Fsp3) is 0.333. The summed E-state index contributed by atoms with van der Waals surface area (Å²) >= 11 is 0. The Morgan fingerprint density at radius 3 is 2.96 bits per heavy atom. The number of imidazole rings is 1. The number of fused-ring (bicyclic) bond motifs is 1. The first-order valence-electron chi connectivity index (χ1n) is 8.59. The third-order valence-electron chi connectivity index (χ3n) is 4.49. The van der Waals surface area contributed by atoms with Crippen LogP contribution in [0, 0.1) is 0 Å². The molecule has 1 aromatic carbocycles. The number of nitrogens with one attached hydrogen (secondary N) is 1. The summed E-state index contributed by atoms with van der Waals surface area (Å²) in [5.74, 6) is 0.855. The molecule has 0 radical (unpaired) electrons. The highest BCUT2D eigenvalue weighted by Gasteiger charge is 2.19. The maximum absolute atomic E-state index is 12.1. The van der Waals surface area contributed by atoms with Gasteiger partial charge < -0.3 is 14.8 Å². The summed E-state index contributed by atoms with van der Waals surface area (Å²) < 4.78 is 1.98. The van der Waals surface area contributed by atoms with Gasteiger partial charge in [-0.2, -0.15) is 0 Å². The standard InChI is InChI=1S/C18H20N6O/c1-2-23-12-21-16-17(19-11-20-18(16)23)22-13-6-5-7-14(10-13)24-9-4-3-8-15(24)25/h5-7,10-12H,2-4,8-9H2,1H3,(H,19,20,22). The molecule has 4 rings (SSSR count). The van der Waals surface area contributed by atoms with Crippen molar-refractivity contribution >= 4 is 34.3 Å². The van der Waals surface area contributed by atoms with Gasteiger partial charge in [0, 0.05) is 30.9 Å². The molecule has 0 bridgehead atoms. The van der Waals surface area contributed by atoms with Crippen LogP contribution >= 0.6 is 0 Å². The van der Waals surface area contributed by atoms with Crippen LogP contribution in [0.15, 0.2) is 36.9 Å². The number of anilines is 3. The molecule has 0 unspecified atom stereocenters. The van der Waals surface area contributed by atoms with Crippen LogP contribution in [0.5, 0.6) is 0 Å². The van der Waals surface area contributed by atoms with Crippen molar-refractivity contribution in [2.24, 2.45) is 0 Å². The van der Waals surface area contributed by atoms with Gasteiger partial charge in [0.05, 0.1) is 6.33 Å². The second-order valence-corrected chi connectivity index (χ2v) is 6.10. The van der Waals surface area contributed by atoms with E-state index in [0.29, 0.717) is 12.2 Å². The lowest BCUT2D eigenvalue weighted by atomic mass is 10.1. The van der Waals surface area contributed by atoms with Crippen LogP contribution in [0.25, 0.3) is 11.2 Å². The van der Waals surface area contributed by atoms with Crippen LogP contribution in [0.3, 0.4) is 0 Å². The number of nitrogens with zero attached hydrogens (tertiary/aromatic N) is 5. The van der Waals surface area contributed by atoms with Crippen molar-refractivity contribution in [3.8, 4) is 0 Å². The minimum Gasteiger partial charge on any atom is -0.338 e. The molecule has 1 fully saturated rings. The number of aryl methyl sites for hydroxylation is 1. The van der Waals surface area contributed by atoms with Crippen LogP contribution in [-0.4, -0.2) is 32.0 Å². The molecule has 2 aromatic heterocycles. The predicted octanol–water partition coefficient (Wildman–Crippen LogP) is 3.11. The van der Waals surface area contributed by atoms with Crippen LogP contribution < -0.4 is 10.2 Å². The van der Waals surface area contributed by atoms with E-state index < -0.39 is 0 Å². The molecule has 3 aromatic rings. The van der Waals surface area contributed by atoms with E-state index in [1.165, 1.54) is 6.33 Å². The maximum atomic E-state index is 12.1. The van der Waals surface area contributed by atoms with Crippen molar-refractivity contribution in [2.45, 2.75) is 32.7 Å². The Hall–Kier alpha value is -2.96. The van der Waals surface area contributed by atoms with Gasteiger partial charge in [0.15, 0.2) is 17.0 Å². The molecule has 1 aliphatic rings. The molecule has 1 saturated heterocycles. The highest BCUT2D eigenvalue weighted by Crippen LogP contribution is 2.27. The second kappa shape index (κ2) is 6.51. The third kappa shape index (κ3) is 2.93. The molecule has 1 amide bonds. The molecule has 0 atom stereocenters. The summed E-state index contributed by atoms with van der Waals surface area (Å²) in [6.07, 6.45) is 5.96. The maximum Gasteiger partial charge on any atom is 0.226 e. The van der Waals surface area contributed by atoms with Gasteiger partial charge in [-0.05, 0) is 38.0 Å². The lowest BCUT2D eigenvalue weighted by Gasteiger charge is -2.27.